The van der Waals surface area contributed by atoms with Gasteiger partial charge in [0.25, 0.3) is 0 Å². The SMILES string of the molecule is CC1CC(Nc2nnc(C(F)(F)F)s2)CCN1C. The summed E-state index contributed by atoms with van der Waals surface area (Å²) < 4.78 is 37.1. The summed E-state index contributed by atoms with van der Waals surface area (Å²) in [6, 6.07) is 0.594. The molecule has 1 saturated heterocycles. The lowest BCUT2D eigenvalue weighted by molar-refractivity contribution is -0.138. The maximum atomic E-state index is 12.4. The van der Waals surface area contributed by atoms with Crippen LogP contribution in [-0.2, 0) is 6.18 Å². The Morgan fingerprint density at radius 3 is 2.67 bits per heavy atom. The van der Waals surface area contributed by atoms with Crippen LogP contribution in [0.15, 0.2) is 0 Å². The molecule has 0 amide bonds. The van der Waals surface area contributed by atoms with Crippen LogP contribution in [-0.4, -0.2) is 40.8 Å². The Kier molecular flexibility index (Phi) is 3.76. The van der Waals surface area contributed by atoms with Crippen molar-refractivity contribution in [1.82, 2.24) is 15.1 Å². The largest absolute Gasteiger partial charge is 0.445 e. The molecule has 0 saturated carbocycles. The minimum Gasteiger partial charge on any atom is -0.357 e. The summed E-state index contributed by atoms with van der Waals surface area (Å²) in [4.78, 5) is 2.24. The number of halogens is 3. The molecule has 1 N–H and O–H groups in total. The molecule has 0 aliphatic carbocycles. The first-order chi connectivity index (χ1) is 8.36. The Morgan fingerprint density at radius 1 is 1.39 bits per heavy atom. The molecule has 4 nitrogen and oxygen atoms in total. The normalized spacial score (nSPS) is 26.3. The van der Waals surface area contributed by atoms with Crippen LogP contribution in [0.5, 0.6) is 0 Å². The van der Waals surface area contributed by atoms with Gasteiger partial charge in [-0.1, -0.05) is 11.3 Å². The quantitative estimate of drug-likeness (QED) is 0.903. The number of piperidine rings is 1. The van der Waals surface area contributed by atoms with E-state index in [1.807, 2.05) is 7.05 Å². The van der Waals surface area contributed by atoms with E-state index in [-0.39, 0.29) is 11.2 Å². The van der Waals surface area contributed by atoms with Crippen LogP contribution >= 0.6 is 11.3 Å². The standard InChI is InChI=1S/C10H15F3N4S/c1-6-5-7(3-4-17(6)2)14-9-16-15-8(18-9)10(11,12)13/h6-7H,3-5H2,1-2H3,(H,14,16). The van der Waals surface area contributed by atoms with Gasteiger partial charge in [-0.15, -0.1) is 10.2 Å². The predicted octanol–water partition coefficient (Wildman–Crippen LogP) is 2.45. The van der Waals surface area contributed by atoms with Crippen molar-refractivity contribution in [1.29, 1.82) is 0 Å². The highest BCUT2D eigenvalue weighted by Gasteiger charge is 2.36. The number of aromatic nitrogens is 2. The molecule has 2 atom stereocenters. The fourth-order valence-corrected chi connectivity index (χ4v) is 2.68. The minimum atomic E-state index is -4.41. The van der Waals surface area contributed by atoms with E-state index in [9.17, 15) is 13.2 Å². The number of hydrogen-bond donors (Lipinski definition) is 1. The van der Waals surface area contributed by atoms with Crippen molar-refractivity contribution in [2.45, 2.75) is 38.0 Å². The Bertz CT molecular complexity index is 406. The van der Waals surface area contributed by atoms with Crippen LogP contribution in [0.1, 0.15) is 24.8 Å². The number of nitrogens with one attached hydrogen (secondary N) is 1. The van der Waals surface area contributed by atoms with Crippen molar-refractivity contribution in [3.8, 4) is 0 Å². The fraction of sp³-hybridized carbons (Fsp3) is 0.800. The van der Waals surface area contributed by atoms with Crippen LogP contribution in [0.3, 0.4) is 0 Å². The van der Waals surface area contributed by atoms with E-state index in [4.69, 9.17) is 0 Å². The zero-order chi connectivity index (χ0) is 13.3. The Labute approximate surface area is 107 Å². The van der Waals surface area contributed by atoms with Gasteiger partial charge in [-0.05, 0) is 26.8 Å². The van der Waals surface area contributed by atoms with Crippen LogP contribution in [0.4, 0.5) is 18.3 Å². The lowest BCUT2D eigenvalue weighted by atomic mass is 9.99. The smallest absolute Gasteiger partial charge is 0.357 e. The van der Waals surface area contributed by atoms with Crippen LogP contribution in [0.25, 0.3) is 0 Å². The van der Waals surface area contributed by atoms with Gasteiger partial charge in [0.1, 0.15) is 0 Å². The van der Waals surface area contributed by atoms with Crippen molar-refractivity contribution in [3.05, 3.63) is 5.01 Å². The van der Waals surface area contributed by atoms with E-state index >= 15 is 0 Å². The highest BCUT2D eigenvalue weighted by Crippen LogP contribution is 2.33. The van der Waals surface area contributed by atoms with Gasteiger partial charge >= 0.3 is 6.18 Å². The molecule has 1 aromatic rings. The maximum absolute atomic E-state index is 12.4. The first-order valence-corrected chi connectivity index (χ1v) is 6.55. The molecule has 0 aromatic carbocycles. The maximum Gasteiger partial charge on any atom is 0.445 e. The molecule has 2 rings (SSSR count). The van der Waals surface area contributed by atoms with Crippen molar-refractivity contribution >= 4 is 16.5 Å². The average molecular weight is 280 g/mol. The molecule has 2 heterocycles. The Morgan fingerprint density at radius 2 is 2.11 bits per heavy atom. The summed E-state index contributed by atoms with van der Waals surface area (Å²) in [6.45, 7) is 3.04. The molecule has 8 heteroatoms. The molecule has 1 aliphatic rings. The van der Waals surface area contributed by atoms with E-state index < -0.39 is 11.2 Å². The molecule has 0 bridgehead atoms. The zero-order valence-electron chi connectivity index (χ0n) is 10.2. The van der Waals surface area contributed by atoms with Crippen LogP contribution in [0.2, 0.25) is 0 Å². The summed E-state index contributed by atoms with van der Waals surface area (Å²) in [5, 5.41) is 9.10. The molecule has 1 aromatic heterocycles. The lowest BCUT2D eigenvalue weighted by Crippen LogP contribution is -2.42. The number of alkyl halides is 3. The second-order valence-corrected chi connectivity index (χ2v) is 5.58. The number of anilines is 1. The third-order valence-corrected chi connectivity index (χ3v) is 4.10. The van der Waals surface area contributed by atoms with E-state index in [1.165, 1.54) is 0 Å². The van der Waals surface area contributed by atoms with Gasteiger partial charge in [0.15, 0.2) is 0 Å². The molecule has 1 fully saturated rings. The minimum absolute atomic E-state index is 0.172. The summed E-state index contributed by atoms with van der Waals surface area (Å²) in [7, 11) is 2.05. The van der Waals surface area contributed by atoms with Gasteiger partial charge in [0.05, 0.1) is 0 Å². The topological polar surface area (TPSA) is 41.1 Å². The number of likely N-dealkylation sites (tertiary alicyclic amines) is 1. The second-order valence-electron chi connectivity index (χ2n) is 4.61. The monoisotopic (exact) mass is 280 g/mol. The van der Waals surface area contributed by atoms with Gasteiger partial charge in [0.2, 0.25) is 10.1 Å². The van der Waals surface area contributed by atoms with Gasteiger partial charge in [-0.3, -0.25) is 0 Å². The summed E-state index contributed by atoms with van der Waals surface area (Å²) in [5.41, 5.74) is 0. The zero-order valence-corrected chi connectivity index (χ0v) is 11.0. The molecule has 18 heavy (non-hydrogen) atoms. The molecule has 0 spiro atoms. The fourth-order valence-electron chi connectivity index (χ4n) is 1.99. The van der Waals surface area contributed by atoms with Gasteiger partial charge < -0.3 is 10.2 Å². The van der Waals surface area contributed by atoms with Gasteiger partial charge in [0, 0.05) is 18.6 Å². The third-order valence-electron chi connectivity index (χ3n) is 3.20. The molecular formula is C10H15F3N4S. The third kappa shape index (κ3) is 3.11. The first-order valence-electron chi connectivity index (χ1n) is 5.73. The predicted molar refractivity (Wildman–Crippen MR) is 63.6 cm³/mol. The Hall–Kier alpha value is -0.890. The highest BCUT2D eigenvalue weighted by molar-refractivity contribution is 7.15. The number of nitrogens with zero attached hydrogens (tertiary/aromatic N) is 3. The van der Waals surface area contributed by atoms with Crippen LogP contribution < -0.4 is 5.32 Å². The summed E-state index contributed by atoms with van der Waals surface area (Å²) in [5.74, 6) is 0. The van der Waals surface area contributed by atoms with E-state index in [0.29, 0.717) is 17.4 Å². The van der Waals surface area contributed by atoms with Gasteiger partial charge in [-0.2, -0.15) is 13.2 Å². The molecule has 102 valence electrons. The average Bonchev–Trinajstić information content (AvgIpc) is 2.72. The van der Waals surface area contributed by atoms with Crippen molar-refractivity contribution in [2.24, 2.45) is 0 Å². The van der Waals surface area contributed by atoms with E-state index in [0.717, 1.165) is 19.4 Å². The Balaban J connectivity index is 1.96. The molecule has 0 radical (unpaired) electrons. The van der Waals surface area contributed by atoms with Crippen molar-refractivity contribution in [3.63, 3.8) is 0 Å². The van der Waals surface area contributed by atoms with Crippen molar-refractivity contribution in [2.75, 3.05) is 18.9 Å². The molecular weight excluding hydrogens is 265 g/mol. The molecule has 1 aliphatic heterocycles. The van der Waals surface area contributed by atoms with E-state index in [1.54, 1.807) is 0 Å². The van der Waals surface area contributed by atoms with Crippen molar-refractivity contribution < 1.29 is 13.2 Å². The number of hydrogen-bond acceptors (Lipinski definition) is 5. The summed E-state index contributed by atoms with van der Waals surface area (Å²) in [6.07, 6.45) is -2.60. The summed E-state index contributed by atoms with van der Waals surface area (Å²) >= 11 is 0.564. The van der Waals surface area contributed by atoms with E-state index in [2.05, 4.69) is 27.3 Å². The van der Waals surface area contributed by atoms with Crippen LogP contribution in [0, 0.1) is 0 Å². The van der Waals surface area contributed by atoms with Gasteiger partial charge in [-0.25, -0.2) is 0 Å². The highest BCUT2D eigenvalue weighted by atomic mass is 32.1. The first kappa shape index (κ1) is 13.5. The second kappa shape index (κ2) is 5.00. The lowest BCUT2D eigenvalue weighted by Gasteiger charge is -2.35. The molecule has 2 unspecified atom stereocenters. The number of rotatable bonds is 2.